The second-order valence-corrected chi connectivity index (χ2v) is 8.05. The second kappa shape index (κ2) is 14.9. The van der Waals surface area contributed by atoms with E-state index in [9.17, 15) is 13.2 Å². The van der Waals surface area contributed by atoms with Gasteiger partial charge in [-0.1, -0.05) is 97.9 Å². The molecular formula is C29H37F3O. The van der Waals surface area contributed by atoms with Gasteiger partial charge in [0.05, 0.1) is 0 Å². The van der Waals surface area contributed by atoms with Crippen LogP contribution < -0.4 is 0 Å². The van der Waals surface area contributed by atoms with E-state index in [-0.39, 0.29) is 34.8 Å². The van der Waals surface area contributed by atoms with E-state index in [0.29, 0.717) is 11.5 Å². The van der Waals surface area contributed by atoms with Crippen LogP contribution in [0, 0.1) is 11.8 Å². The normalized spacial score (nSPS) is 14.2. The van der Waals surface area contributed by atoms with Crippen molar-refractivity contribution < 1.29 is 17.9 Å². The number of ether oxygens (including phenoxy) is 1. The highest BCUT2D eigenvalue weighted by Gasteiger charge is 2.16. The summed E-state index contributed by atoms with van der Waals surface area (Å²) in [5.41, 5.74) is 0.758. The van der Waals surface area contributed by atoms with Crippen LogP contribution in [-0.4, -0.2) is 6.61 Å². The van der Waals surface area contributed by atoms with Crippen LogP contribution in [0.3, 0.4) is 0 Å². The van der Waals surface area contributed by atoms with Gasteiger partial charge in [0.2, 0.25) is 5.83 Å². The zero-order chi connectivity index (χ0) is 25.7. The maximum absolute atomic E-state index is 14.6. The van der Waals surface area contributed by atoms with Crippen LogP contribution in [0.2, 0.25) is 0 Å². The van der Waals surface area contributed by atoms with Crippen LogP contribution >= 0.6 is 0 Å². The third-order valence-corrected chi connectivity index (χ3v) is 5.36. The third-order valence-electron chi connectivity index (χ3n) is 5.36. The Labute approximate surface area is 198 Å². The van der Waals surface area contributed by atoms with E-state index in [0.717, 1.165) is 19.3 Å². The minimum Gasteiger partial charge on any atom is -0.487 e. The molecule has 180 valence electrons. The first kappa shape index (κ1) is 30.0. The summed E-state index contributed by atoms with van der Waals surface area (Å²) in [5.74, 6) is -2.82. The fourth-order valence-electron chi connectivity index (χ4n) is 2.49. The SMILES string of the molecule is C=CCOC(=C)/C(F)=C(/F)C(=C)C(=C)/C=C\C(=C)C(=C)/C(F)=C\C(=C)C(C)CCC(C)CC. The monoisotopic (exact) mass is 458 g/mol. The Kier molecular flexibility index (Phi) is 13.6. The van der Waals surface area contributed by atoms with Crippen molar-refractivity contribution in [3.63, 3.8) is 0 Å². The molecule has 0 aliphatic rings. The molecule has 2 unspecified atom stereocenters. The summed E-state index contributed by atoms with van der Waals surface area (Å²) in [6.45, 7) is 31.7. The van der Waals surface area contributed by atoms with Gasteiger partial charge in [0.25, 0.3) is 0 Å². The summed E-state index contributed by atoms with van der Waals surface area (Å²) >= 11 is 0. The Balaban J connectivity index is 5.15. The van der Waals surface area contributed by atoms with E-state index < -0.39 is 23.2 Å². The number of halogens is 3. The Morgan fingerprint density at radius 2 is 1.39 bits per heavy atom. The number of allylic oxidation sites excluding steroid dienone is 11. The summed E-state index contributed by atoms with van der Waals surface area (Å²) in [7, 11) is 0. The Bertz CT molecular complexity index is 896. The number of hydrogen-bond donors (Lipinski definition) is 0. The van der Waals surface area contributed by atoms with Crippen molar-refractivity contribution in [2.45, 2.75) is 40.0 Å². The lowest BCUT2D eigenvalue weighted by molar-refractivity contribution is 0.241. The molecule has 0 N–H and O–H groups in total. The van der Waals surface area contributed by atoms with Gasteiger partial charge >= 0.3 is 0 Å². The summed E-state index contributed by atoms with van der Waals surface area (Å²) < 4.78 is 47.9. The molecule has 33 heavy (non-hydrogen) atoms. The predicted molar refractivity (Wildman–Crippen MR) is 136 cm³/mol. The Morgan fingerprint density at radius 3 is 1.91 bits per heavy atom. The first-order chi connectivity index (χ1) is 15.4. The van der Waals surface area contributed by atoms with Crippen LogP contribution in [0.25, 0.3) is 0 Å². The predicted octanol–water partition coefficient (Wildman–Crippen LogP) is 9.51. The highest BCUT2D eigenvalue weighted by molar-refractivity contribution is 5.53. The standard InChI is InChI=1S/C29H37F3O/c1-11-17-33-26(10)29(32)28(31)25(9)22(6)16-15-21(5)24(8)27(30)18-23(7)20(4)14-13-19(3)12-2/h11,15-16,18-20H,1,5-10,12-14,17H2,2-4H3/b16-15-,27-18+,29-28-. The van der Waals surface area contributed by atoms with Gasteiger partial charge in [-0.05, 0) is 41.1 Å². The fourth-order valence-corrected chi connectivity index (χ4v) is 2.49. The summed E-state index contributed by atoms with van der Waals surface area (Å²) in [6.07, 6.45) is 8.58. The molecule has 0 rings (SSSR count). The van der Waals surface area contributed by atoms with Gasteiger partial charge in [0.1, 0.15) is 12.4 Å². The largest absolute Gasteiger partial charge is 0.487 e. The fraction of sp³-hybridized carbons (Fsp3) is 0.310. The number of rotatable bonds is 16. The molecule has 0 bridgehead atoms. The molecule has 0 aromatic heterocycles. The molecule has 0 saturated heterocycles. The van der Waals surface area contributed by atoms with Gasteiger partial charge in [-0.2, -0.15) is 4.39 Å². The first-order valence-corrected chi connectivity index (χ1v) is 10.9. The summed E-state index contributed by atoms with van der Waals surface area (Å²) in [6, 6.07) is 0. The lowest BCUT2D eigenvalue weighted by Crippen LogP contribution is -2.01. The molecule has 2 atom stereocenters. The van der Waals surface area contributed by atoms with Crippen LogP contribution in [0.1, 0.15) is 40.0 Å². The minimum absolute atomic E-state index is 0.0169. The Morgan fingerprint density at radius 1 is 0.848 bits per heavy atom. The van der Waals surface area contributed by atoms with E-state index in [1.807, 2.05) is 6.92 Å². The van der Waals surface area contributed by atoms with E-state index in [1.165, 1.54) is 24.3 Å². The van der Waals surface area contributed by atoms with Gasteiger partial charge in [-0.15, -0.1) is 0 Å². The average Bonchev–Trinajstić information content (AvgIpc) is 2.81. The highest BCUT2D eigenvalue weighted by Crippen LogP contribution is 2.28. The quantitative estimate of drug-likeness (QED) is 0.127. The van der Waals surface area contributed by atoms with E-state index in [4.69, 9.17) is 4.74 Å². The molecule has 0 spiro atoms. The topological polar surface area (TPSA) is 9.23 Å². The molecule has 0 heterocycles. The highest BCUT2D eigenvalue weighted by atomic mass is 19.2. The zero-order valence-electron chi connectivity index (χ0n) is 20.3. The van der Waals surface area contributed by atoms with Crippen LogP contribution in [-0.2, 0) is 4.74 Å². The number of hydrogen-bond acceptors (Lipinski definition) is 1. The van der Waals surface area contributed by atoms with Crippen molar-refractivity contribution in [3.05, 3.63) is 121 Å². The van der Waals surface area contributed by atoms with Gasteiger partial charge in [0.15, 0.2) is 11.6 Å². The lowest BCUT2D eigenvalue weighted by atomic mass is 9.91. The van der Waals surface area contributed by atoms with Crippen molar-refractivity contribution in [1.29, 1.82) is 0 Å². The molecule has 0 aliphatic carbocycles. The van der Waals surface area contributed by atoms with Gasteiger partial charge in [-0.3, -0.25) is 0 Å². The van der Waals surface area contributed by atoms with E-state index >= 15 is 0 Å². The van der Waals surface area contributed by atoms with Crippen molar-refractivity contribution >= 4 is 0 Å². The molecule has 0 saturated carbocycles. The van der Waals surface area contributed by atoms with Crippen molar-refractivity contribution in [1.82, 2.24) is 0 Å². The van der Waals surface area contributed by atoms with Crippen LogP contribution in [0.15, 0.2) is 121 Å². The molecule has 0 amide bonds. The van der Waals surface area contributed by atoms with Crippen molar-refractivity contribution in [2.24, 2.45) is 11.8 Å². The lowest BCUT2D eigenvalue weighted by Gasteiger charge is -2.15. The van der Waals surface area contributed by atoms with Gasteiger partial charge in [-0.25, -0.2) is 8.78 Å². The smallest absolute Gasteiger partial charge is 0.200 e. The molecule has 0 aromatic rings. The van der Waals surface area contributed by atoms with E-state index in [2.05, 4.69) is 59.9 Å². The van der Waals surface area contributed by atoms with Gasteiger partial charge < -0.3 is 4.74 Å². The molecule has 4 heteroatoms. The van der Waals surface area contributed by atoms with Crippen molar-refractivity contribution in [3.8, 4) is 0 Å². The molecule has 0 radical (unpaired) electrons. The van der Waals surface area contributed by atoms with E-state index in [1.54, 1.807) is 0 Å². The summed E-state index contributed by atoms with van der Waals surface area (Å²) in [5, 5.41) is 0. The first-order valence-electron chi connectivity index (χ1n) is 10.9. The third kappa shape index (κ3) is 10.4. The molecule has 0 aromatic carbocycles. The summed E-state index contributed by atoms with van der Waals surface area (Å²) in [4.78, 5) is 0. The second-order valence-electron chi connectivity index (χ2n) is 8.05. The molecular weight excluding hydrogens is 421 g/mol. The maximum atomic E-state index is 14.6. The molecule has 0 fully saturated rings. The maximum Gasteiger partial charge on any atom is 0.200 e. The van der Waals surface area contributed by atoms with Crippen LogP contribution in [0.5, 0.6) is 0 Å². The molecule has 1 nitrogen and oxygen atoms in total. The minimum atomic E-state index is -1.28. The zero-order valence-corrected chi connectivity index (χ0v) is 20.3. The van der Waals surface area contributed by atoms with Crippen LogP contribution in [0.4, 0.5) is 13.2 Å². The average molecular weight is 459 g/mol. The van der Waals surface area contributed by atoms with Crippen molar-refractivity contribution in [2.75, 3.05) is 6.61 Å². The Hall–Kier alpha value is -3.01. The molecule has 0 aliphatic heterocycles. The van der Waals surface area contributed by atoms with Gasteiger partial charge in [0, 0.05) is 11.1 Å².